The van der Waals surface area contributed by atoms with Gasteiger partial charge in [-0.05, 0) is 6.92 Å². The molecule has 1 aliphatic rings. The van der Waals surface area contributed by atoms with Crippen molar-refractivity contribution < 1.29 is 13.2 Å². The van der Waals surface area contributed by atoms with Crippen LogP contribution in [0, 0.1) is 0 Å². The molecule has 1 fully saturated rings. The smallest absolute Gasteiger partial charge is 0.243 e. The van der Waals surface area contributed by atoms with Crippen LogP contribution in [0.5, 0.6) is 0 Å². The topological polar surface area (TPSA) is 88.2 Å². The molecule has 0 aliphatic carbocycles. The second-order valence-electron chi connectivity index (χ2n) is 4.07. The number of hydrogen-bond acceptors (Lipinski definition) is 6. The van der Waals surface area contributed by atoms with Crippen LogP contribution in [0.1, 0.15) is 6.92 Å². The minimum absolute atomic E-state index is 0.0438. The van der Waals surface area contributed by atoms with E-state index < -0.39 is 9.84 Å². The Kier molecular flexibility index (Phi) is 3.75. The van der Waals surface area contributed by atoms with Crippen molar-refractivity contribution in [3.63, 3.8) is 0 Å². The Morgan fingerprint density at radius 2 is 2.24 bits per heavy atom. The van der Waals surface area contributed by atoms with E-state index >= 15 is 0 Å². The Bertz CT molecular complexity index is 439. The van der Waals surface area contributed by atoms with Crippen LogP contribution in [0.2, 0.25) is 0 Å². The summed E-state index contributed by atoms with van der Waals surface area (Å²) in [4.78, 5) is 5.80. The molecule has 1 atom stereocenters. The third-order valence-electron chi connectivity index (χ3n) is 2.82. The van der Waals surface area contributed by atoms with Crippen LogP contribution in [-0.2, 0) is 14.6 Å². The maximum atomic E-state index is 12.0. The van der Waals surface area contributed by atoms with Crippen molar-refractivity contribution >= 4 is 9.84 Å². The normalized spacial score (nSPS) is 20.3. The molecule has 8 heteroatoms. The van der Waals surface area contributed by atoms with Crippen LogP contribution >= 0.6 is 0 Å². The van der Waals surface area contributed by atoms with Gasteiger partial charge in [0.2, 0.25) is 15.0 Å². The van der Waals surface area contributed by atoms with E-state index in [0.717, 1.165) is 13.1 Å². The van der Waals surface area contributed by atoms with Crippen molar-refractivity contribution in [2.24, 2.45) is 0 Å². The molecule has 0 radical (unpaired) electrons. The number of H-pyrrole nitrogens is 1. The molecule has 1 saturated heterocycles. The average molecular weight is 260 g/mol. The van der Waals surface area contributed by atoms with Gasteiger partial charge in [0.05, 0.1) is 19.0 Å². The number of sulfone groups is 1. The predicted octanol–water partition coefficient (Wildman–Crippen LogP) is -0.701. The quantitative estimate of drug-likeness (QED) is 0.770. The minimum Gasteiger partial charge on any atom is -0.379 e. The van der Waals surface area contributed by atoms with Gasteiger partial charge in [-0.1, -0.05) is 0 Å². The molecule has 1 N–H and O–H groups in total. The summed E-state index contributed by atoms with van der Waals surface area (Å²) in [7, 11) is -3.38. The maximum absolute atomic E-state index is 12.0. The number of morpholine rings is 1. The molecule has 2 heterocycles. The van der Waals surface area contributed by atoms with Gasteiger partial charge >= 0.3 is 0 Å². The van der Waals surface area contributed by atoms with Gasteiger partial charge < -0.3 is 4.74 Å². The fraction of sp³-hybridized carbons (Fsp3) is 0.778. The zero-order valence-corrected chi connectivity index (χ0v) is 10.5. The lowest BCUT2D eigenvalue weighted by molar-refractivity contribution is 0.0243. The van der Waals surface area contributed by atoms with Gasteiger partial charge in [-0.15, -0.1) is 0 Å². The number of nitrogens with one attached hydrogen (secondary N) is 1. The molecule has 7 nitrogen and oxygen atoms in total. The van der Waals surface area contributed by atoms with Gasteiger partial charge in [0, 0.05) is 19.1 Å². The SMILES string of the molecule is CC(CS(=O)(=O)c1ncn[nH]1)N1CCOCC1. The van der Waals surface area contributed by atoms with E-state index in [2.05, 4.69) is 20.1 Å². The molecule has 17 heavy (non-hydrogen) atoms. The number of hydrogen-bond donors (Lipinski definition) is 1. The largest absolute Gasteiger partial charge is 0.379 e. The summed E-state index contributed by atoms with van der Waals surface area (Å²) in [5.74, 6) is 0.0438. The Morgan fingerprint density at radius 1 is 1.53 bits per heavy atom. The fourth-order valence-corrected chi connectivity index (χ4v) is 3.27. The van der Waals surface area contributed by atoms with E-state index in [9.17, 15) is 8.42 Å². The number of aromatic amines is 1. The van der Waals surface area contributed by atoms with Crippen molar-refractivity contribution in [3.05, 3.63) is 6.33 Å². The van der Waals surface area contributed by atoms with Crippen molar-refractivity contribution in [2.75, 3.05) is 32.1 Å². The number of aromatic nitrogens is 3. The lowest BCUT2D eigenvalue weighted by atomic mass is 10.3. The van der Waals surface area contributed by atoms with E-state index in [-0.39, 0.29) is 17.0 Å². The van der Waals surface area contributed by atoms with E-state index in [1.807, 2.05) is 6.92 Å². The van der Waals surface area contributed by atoms with Crippen molar-refractivity contribution in [3.8, 4) is 0 Å². The summed E-state index contributed by atoms with van der Waals surface area (Å²) in [6.45, 7) is 4.76. The standard InChI is InChI=1S/C9H16N4O3S/c1-8(13-2-4-16-5-3-13)6-17(14,15)9-10-7-11-12-9/h7-8H,2-6H2,1H3,(H,10,11,12). The van der Waals surface area contributed by atoms with E-state index in [1.54, 1.807) is 0 Å². The number of nitrogens with zero attached hydrogens (tertiary/aromatic N) is 3. The highest BCUT2D eigenvalue weighted by Gasteiger charge is 2.25. The van der Waals surface area contributed by atoms with Gasteiger partial charge in [-0.3, -0.25) is 10.00 Å². The monoisotopic (exact) mass is 260 g/mol. The summed E-state index contributed by atoms with van der Waals surface area (Å²) in [6.07, 6.45) is 1.20. The highest BCUT2D eigenvalue weighted by molar-refractivity contribution is 7.91. The summed E-state index contributed by atoms with van der Waals surface area (Å²) >= 11 is 0. The molecular formula is C9H16N4O3S. The summed E-state index contributed by atoms with van der Waals surface area (Å²) in [5.41, 5.74) is 0. The Balaban J connectivity index is 2.00. The van der Waals surface area contributed by atoms with Crippen molar-refractivity contribution in [1.29, 1.82) is 0 Å². The van der Waals surface area contributed by atoms with Gasteiger partial charge in [0.25, 0.3) is 0 Å². The molecule has 1 unspecified atom stereocenters. The first-order valence-corrected chi connectivity index (χ1v) is 7.15. The third-order valence-corrected chi connectivity index (χ3v) is 4.52. The molecule has 0 spiro atoms. The molecule has 1 aromatic heterocycles. The van der Waals surface area contributed by atoms with Crippen molar-refractivity contribution in [2.45, 2.75) is 18.1 Å². The zero-order chi connectivity index (χ0) is 12.3. The Labute approximate surface area is 100 Å². The Hall–Kier alpha value is -0.990. The third kappa shape index (κ3) is 3.02. The lowest BCUT2D eigenvalue weighted by Crippen LogP contribution is -2.45. The van der Waals surface area contributed by atoms with Crippen LogP contribution in [0.15, 0.2) is 11.5 Å². The minimum atomic E-state index is -3.38. The predicted molar refractivity (Wildman–Crippen MR) is 60.3 cm³/mol. The van der Waals surface area contributed by atoms with Gasteiger partial charge in [-0.2, -0.15) is 5.10 Å². The number of ether oxygens (including phenoxy) is 1. The summed E-state index contributed by atoms with van der Waals surface area (Å²) in [6, 6.07) is -0.0472. The van der Waals surface area contributed by atoms with Gasteiger partial charge in [-0.25, -0.2) is 13.4 Å². The van der Waals surface area contributed by atoms with Crippen LogP contribution in [0.3, 0.4) is 0 Å². The molecule has 0 saturated carbocycles. The molecule has 2 rings (SSSR count). The van der Waals surface area contributed by atoms with Crippen molar-refractivity contribution in [1.82, 2.24) is 20.1 Å². The van der Waals surface area contributed by atoms with Gasteiger partial charge in [0.15, 0.2) is 0 Å². The summed E-state index contributed by atoms with van der Waals surface area (Å²) in [5, 5.41) is 5.90. The fourth-order valence-electron chi connectivity index (χ4n) is 1.86. The highest BCUT2D eigenvalue weighted by Crippen LogP contribution is 2.10. The second kappa shape index (κ2) is 5.11. The van der Waals surface area contributed by atoms with Crippen LogP contribution in [0.4, 0.5) is 0 Å². The first-order valence-electron chi connectivity index (χ1n) is 5.49. The summed E-state index contributed by atoms with van der Waals surface area (Å²) < 4.78 is 29.1. The molecule has 1 aromatic rings. The van der Waals surface area contributed by atoms with Gasteiger partial charge in [0.1, 0.15) is 6.33 Å². The first kappa shape index (κ1) is 12.5. The Morgan fingerprint density at radius 3 is 2.82 bits per heavy atom. The molecular weight excluding hydrogens is 244 g/mol. The second-order valence-corrected chi connectivity index (χ2v) is 6.02. The molecule has 0 amide bonds. The van der Waals surface area contributed by atoms with Crippen LogP contribution in [-0.4, -0.2) is 66.6 Å². The number of rotatable bonds is 4. The van der Waals surface area contributed by atoms with E-state index in [1.165, 1.54) is 6.33 Å². The van der Waals surface area contributed by atoms with Crippen LogP contribution in [0.25, 0.3) is 0 Å². The zero-order valence-electron chi connectivity index (χ0n) is 9.66. The molecule has 96 valence electrons. The molecule has 0 aromatic carbocycles. The maximum Gasteiger partial charge on any atom is 0.243 e. The van der Waals surface area contributed by atoms with E-state index in [4.69, 9.17) is 4.74 Å². The van der Waals surface area contributed by atoms with Crippen LogP contribution < -0.4 is 0 Å². The first-order chi connectivity index (χ1) is 8.09. The highest BCUT2D eigenvalue weighted by atomic mass is 32.2. The molecule has 1 aliphatic heterocycles. The van der Waals surface area contributed by atoms with E-state index in [0.29, 0.717) is 13.2 Å². The lowest BCUT2D eigenvalue weighted by Gasteiger charge is -2.31. The molecule has 0 bridgehead atoms. The average Bonchev–Trinajstić information content (AvgIpc) is 2.84.